The van der Waals surface area contributed by atoms with Crippen LogP contribution in [-0.4, -0.2) is 30.0 Å². The summed E-state index contributed by atoms with van der Waals surface area (Å²) in [4.78, 5) is 0.827. The molecule has 0 aromatic heterocycles. The Balaban J connectivity index is 2.32. The Morgan fingerprint density at radius 2 is 1.94 bits per heavy atom. The van der Waals surface area contributed by atoms with Crippen LogP contribution in [-0.2, 0) is 11.2 Å². The Kier molecular flexibility index (Phi) is 5.66. The topological polar surface area (TPSA) is 44.3 Å². The quantitative estimate of drug-likeness (QED) is 0.610. The van der Waals surface area contributed by atoms with Gasteiger partial charge in [0.1, 0.15) is 18.6 Å². The van der Waals surface area contributed by atoms with Gasteiger partial charge in [-0.25, -0.2) is 0 Å². The molecule has 1 aromatic carbocycles. The van der Waals surface area contributed by atoms with Gasteiger partial charge >= 0.3 is 0 Å². The van der Waals surface area contributed by atoms with Gasteiger partial charge in [-0.15, -0.1) is 0 Å². The van der Waals surface area contributed by atoms with Crippen molar-refractivity contribution >= 4 is 11.2 Å². The Morgan fingerprint density at radius 3 is 2.44 bits per heavy atom. The van der Waals surface area contributed by atoms with E-state index in [-0.39, 0.29) is 0 Å². The standard InChI is InChI=1S/C12H19NO2S/c1-10(2)13-8-9-15-11-4-6-12(7-5-11)16(3)14/h4-7,10,13H,8-9H2,1-3H3. The van der Waals surface area contributed by atoms with Gasteiger partial charge in [-0.2, -0.15) is 0 Å². The molecule has 1 N–H and O–H groups in total. The molecule has 0 saturated heterocycles. The molecule has 0 amide bonds. The molecule has 1 atom stereocenters. The summed E-state index contributed by atoms with van der Waals surface area (Å²) in [7, 11) is 0. The number of rotatable bonds is 6. The third-order valence-electron chi connectivity index (χ3n) is 2.08. The second-order valence-electron chi connectivity index (χ2n) is 3.88. The van der Waals surface area contributed by atoms with Gasteiger partial charge in [0.25, 0.3) is 0 Å². The minimum Gasteiger partial charge on any atom is -0.612 e. The summed E-state index contributed by atoms with van der Waals surface area (Å²) >= 11 is -0.919. The predicted octanol–water partition coefficient (Wildman–Crippen LogP) is 1.80. The molecule has 0 spiro atoms. The van der Waals surface area contributed by atoms with Crippen molar-refractivity contribution in [3.63, 3.8) is 0 Å². The van der Waals surface area contributed by atoms with Gasteiger partial charge in [0.05, 0.1) is 0 Å². The smallest absolute Gasteiger partial charge is 0.152 e. The SMILES string of the molecule is CC(C)NCCOc1ccc([S+](C)[O-])cc1. The van der Waals surface area contributed by atoms with E-state index in [0.29, 0.717) is 12.6 Å². The maximum absolute atomic E-state index is 11.2. The zero-order valence-electron chi connectivity index (χ0n) is 10.0. The molecule has 16 heavy (non-hydrogen) atoms. The van der Waals surface area contributed by atoms with Gasteiger partial charge in [-0.05, 0) is 35.4 Å². The zero-order valence-corrected chi connectivity index (χ0v) is 10.8. The summed E-state index contributed by atoms with van der Waals surface area (Å²) in [5, 5.41) is 3.27. The summed E-state index contributed by atoms with van der Waals surface area (Å²) in [6.07, 6.45) is 1.67. The van der Waals surface area contributed by atoms with E-state index >= 15 is 0 Å². The lowest BCUT2D eigenvalue weighted by Crippen LogP contribution is -2.27. The molecule has 0 radical (unpaired) electrons. The fourth-order valence-electron chi connectivity index (χ4n) is 1.24. The minimum absolute atomic E-state index is 0.480. The van der Waals surface area contributed by atoms with E-state index in [0.717, 1.165) is 17.2 Å². The van der Waals surface area contributed by atoms with Crippen LogP contribution in [0.25, 0.3) is 0 Å². The van der Waals surface area contributed by atoms with Gasteiger partial charge in [-0.1, -0.05) is 13.8 Å². The number of nitrogens with one attached hydrogen (secondary N) is 1. The summed E-state index contributed by atoms with van der Waals surface area (Å²) in [6, 6.07) is 7.86. The molecule has 0 fully saturated rings. The molecular formula is C12H19NO2S. The molecule has 90 valence electrons. The first-order chi connectivity index (χ1) is 7.59. The summed E-state index contributed by atoms with van der Waals surface area (Å²) in [5.74, 6) is 0.819. The van der Waals surface area contributed by atoms with E-state index in [1.807, 2.05) is 24.3 Å². The van der Waals surface area contributed by atoms with Crippen molar-refractivity contribution in [3.05, 3.63) is 24.3 Å². The molecule has 0 aliphatic carbocycles. The zero-order chi connectivity index (χ0) is 12.0. The first-order valence-corrected chi connectivity index (χ1v) is 6.95. The van der Waals surface area contributed by atoms with Crippen LogP contribution in [0.5, 0.6) is 5.75 Å². The molecule has 1 unspecified atom stereocenters. The van der Waals surface area contributed by atoms with Crippen molar-refractivity contribution in [3.8, 4) is 5.75 Å². The summed E-state index contributed by atoms with van der Waals surface area (Å²) < 4.78 is 16.7. The number of ether oxygens (including phenoxy) is 1. The summed E-state index contributed by atoms with van der Waals surface area (Å²) in [6.45, 7) is 5.68. The van der Waals surface area contributed by atoms with Crippen molar-refractivity contribution in [2.45, 2.75) is 24.8 Å². The average molecular weight is 241 g/mol. The van der Waals surface area contributed by atoms with Crippen LogP contribution >= 0.6 is 0 Å². The highest BCUT2D eigenvalue weighted by Crippen LogP contribution is 2.15. The third kappa shape index (κ3) is 4.88. The molecule has 1 aromatic rings. The maximum Gasteiger partial charge on any atom is 0.152 e. The lowest BCUT2D eigenvalue weighted by atomic mass is 10.3. The highest BCUT2D eigenvalue weighted by atomic mass is 32.2. The molecule has 0 bridgehead atoms. The number of hydrogen-bond acceptors (Lipinski definition) is 3. The fourth-order valence-corrected chi connectivity index (χ4v) is 1.76. The molecule has 0 aliphatic heterocycles. The normalized spacial score (nSPS) is 12.8. The Bertz CT molecular complexity index is 298. The maximum atomic E-state index is 11.2. The van der Waals surface area contributed by atoms with Crippen LogP contribution in [0.15, 0.2) is 29.2 Å². The van der Waals surface area contributed by atoms with E-state index in [4.69, 9.17) is 4.74 Å². The monoisotopic (exact) mass is 241 g/mol. The third-order valence-corrected chi connectivity index (χ3v) is 3.02. The highest BCUT2D eigenvalue weighted by Gasteiger charge is 2.03. The molecular weight excluding hydrogens is 222 g/mol. The minimum atomic E-state index is -0.919. The van der Waals surface area contributed by atoms with Crippen molar-refractivity contribution in [1.29, 1.82) is 0 Å². The second kappa shape index (κ2) is 6.78. The van der Waals surface area contributed by atoms with Gasteiger partial charge in [0.15, 0.2) is 4.90 Å². The van der Waals surface area contributed by atoms with Crippen molar-refractivity contribution in [2.75, 3.05) is 19.4 Å². The van der Waals surface area contributed by atoms with E-state index in [9.17, 15) is 4.55 Å². The number of benzene rings is 1. The van der Waals surface area contributed by atoms with Crippen LogP contribution in [0, 0.1) is 0 Å². The second-order valence-corrected chi connectivity index (χ2v) is 5.26. The van der Waals surface area contributed by atoms with E-state index in [1.54, 1.807) is 6.26 Å². The van der Waals surface area contributed by atoms with Gasteiger partial charge in [-0.3, -0.25) is 0 Å². The first-order valence-electron chi connectivity index (χ1n) is 5.39. The fraction of sp³-hybridized carbons (Fsp3) is 0.500. The largest absolute Gasteiger partial charge is 0.612 e. The Hall–Kier alpha value is -0.710. The van der Waals surface area contributed by atoms with Gasteiger partial charge in [0.2, 0.25) is 0 Å². The molecule has 0 aliphatic rings. The van der Waals surface area contributed by atoms with Crippen molar-refractivity contribution < 1.29 is 9.29 Å². The average Bonchev–Trinajstić information content (AvgIpc) is 2.25. The first kappa shape index (κ1) is 13.4. The van der Waals surface area contributed by atoms with Crippen LogP contribution < -0.4 is 10.1 Å². The van der Waals surface area contributed by atoms with Crippen molar-refractivity contribution in [2.24, 2.45) is 0 Å². The molecule has 1 rings (SSSR count). The molecule has 3 nitrogen and oxygen atoms in total. The Morgan fingerprint density at radius 1 is 1.31 bits per heavy atom. The van der Waals surface area contributed by atoms with E-state index < -0.39 is 11.2 Å². The van der Waals surface area contributed by atoms with Gasteiger partial charge in [0, 0.05) is 12.6 Å². The lowest BCUT2D eigenvalue weighted by Gasteiger charge is -2.10. The van der Waals surface area contributed by atoms with Gasteiger partial charge < -0.3 is 14.6 Å². The highest BCUT2D eigenvalue weighted by molar-refractivity contribution is 7.90. The predicted molar refractivity (Wildman–Crippen MR) is 67.4 cm³/mol. The molecule has 0 saturated carbocycles. The van der Waals surface area contributed by atoms with Crippen molar-refractivity contribution in [1.82, 2.24) is 5.32 Å². The van der Waals surface area contributed by atoms with E-state index in [2.05, 4.69) is 19.2 Å². The van der Waals surface area contributed by atoms with Crippen LogP contribution in [0.2, 0.25) is 0 Å². The van der Waals surface area contributed by atoms with E-state index in [1.165, 1.54) is 0 Å². The van der Waals surface area contributed by atoms with Crippen LogP contribution in [0.4, 0.5) is 0 Å². The van der Waals surface area contributed by atoms with Crippen LogP contribution in [0.3, 0.4) is 0 Å². The van der Waals surface area contributed by atoms with Crippen LogP contribution in [0.1, 0.15) is 13.8 Å². The molecule has 4 heteroatoms. The lowest BCUT2D eigenvalue weighted by molar-refractivity contribution is 0.308. The molecule has 0 heterocycles. The summed E-state index contributed by atoms with van der Waals surface area (Å²) in [5.41, 5.74) is 0. The Labute approximate surface area is 100 Å². The number of hydrogen-bond donors (Lipinski definition) is 1.